The van der Waals surface area contributed by atoms with Crippen molar-refractivity contribution < 1.29 is 14.2 Å². The molecule has 8 heteroatoms. The number of pyridine rings is 1. The molecule has 32 heavy (non-hydrogen) atoms. The Kier molecular flexibility index (Phi) is 8.98. The number of morpholine rings is 1. The highest BCUT2D eigenvalue weighted by atomic mass is 16.5. The summed E-state index contributed by atoms with van der Waals surface area (Å²) in [6.07, 6.45) is 2.07. The van der Waals surface area contributed by atoms with E-state index in [9.17, 15) is 0 Å². The molecule has 0 amide bonds. The number of nitrogens with one attached hydrogen (secondary N) is 2. The van der Waals surface area contributed by atoms with Crippen molar-refractivity contribution in [2.45, 2.75) is 39.5 Å². The number of methoxy groups -OCH3 is 1. The molecule has 1 aromatic heterocycles. The summed E-state index contributed by atoms with van der Waals surface area (Å²) < 4.78 is 17.0. The molecule has 1 fully saturated rings. The van der Waals surface area contributed by atoms with E-state index in [0.29, 0.717) is 13.1 Å². The normalized spacial score (nSPS) is 17.6. The van der Waals surface area contributed by atoms with Gasteiger partial charge in [-0.3, -0.25) is 0 Å². The first kappa shape index (κ1) is 23.7. The lowest BCUT2D eigenvalue weighted by molar-refractivity contribution is 0.0529. The average molecular weight is 442 g/mol. The first-order chi connectivity index (χ1) is 15.6. The van der Waals surface area contributed by atoms with Gasteiger partial charge in [-0.05, 0) is 44.5 Å². The molecule has 2 heterocycles. The zero-order valence-electron chi connectivity index (χ0n) is 19.5. The molecule has 8 nitrogen and oxygen atoms in total. The second-order valence-electron chi connectivity index (χ2n) is 7.81. The van der Waals surface area contributed by atoms with Gasteiger partial charge in [0.15, 0.2) is 17.5 Å². The van der Waals surface area contributed by atoms with Crippen LogP contribution in [0.5, 0.6) is 11.5 Å². The molecule has 2 aromatic rings. The van der Waals surface area contributed by atoms with Crippen molar-refractivity contribution in [1.29, 1.82) is 0 Å². The van der Waals surface area contributed by atoms with Crippen molar-refractivity contribution >= 4 is 11.8 Å². The minimum absolute atomic E-state index is 0.0629. The Bertz CT molecular complexity index is 859. The van der Waals surface area contributed by atoms with E-state index in [4.69, 9.17) is 19.2 Å². The lowest BCUT2D eigenvalue weighted by Crippen LogP contribution is -2.41. The SMILES string of the molecule is CCNC(=NCc1ccc(N2CCOC(C)C2)nc1)NCC(C)Oc1ccccc1OC. The fraction of sp³-hybridized carbons (Fsp3) is 0.500. The van der Waals surface area contributed by atoms with E-state index in [1.807, 2.05) is 44.3 Å². The van der Waals surface area contributed by atoms with E-state index in [1.54, 1.807) is 7.11 Å². The van der Waals surface area contributed by atoms with Gasteiger partial charge in [0.05, 0.1) is 32.9 Å². The molecular weight excluding hydrogens is 406 g/mol. The molecule has 1 aliphatic heterocycles. The van der Waals surface area contributed by atoms with Crippen molar-refractivity contribution in [1.82, 2.24) is 15.6 Å². The van der Waals surface area contributed by atoms with Crippen molar-refractivity contribution in [3.63, 3.8) is 0 Å². The summed E-state index contributed by atoms with van der Waals surface area (Å²) in [6, 6.07) is 11.8. The van der Waals surface area contributed by atoms with Crippen LogP contribution in [0.3, 0.4) is 0 Å². The van der Waals surface area contributed by atoms with Gasteiger partial charge >= 0.3 is 0 Å². The Labute approximate surface area is 191 Å². The lowest BCUT2D eigenvalue weighted by Gasteiger charge is -2.32. The number of rotatable bonds is 9. The molecule has 1 aromatic carbocycles. The molecule has 0 saturated carbocycles. The second-order valence-corrected chi connectivity index (χ2v) is 7.81. The van der Waals surface area contributed by atoms with Crippen LogP contribution < -0.4 is 25.0 Å². The highest BCUT2D eigenvalue weighted by Crippen LogP contribution is 2.26. The summed E-state index contributed by atoms with van der Waals surface area (Å²) in [7, 11) is 1.64. The zero-order valence-corrected chi connectivity index (χ0v) is 19.5. The summed E-state index contributed by atoms with van der Waals surface area (Å²) in [4.78, 5) is 11.6. The Morgan fingerprint density at radius 1 is 1.25 bits per heavy atom. The Morgan fingerprint density at radius 3 is 2.75 bits per heavy atom. The van der Waals surface area contributed by atoms with Gasteiger partial charge in [-0.1, -0.05) is 18.2 Å². The standard InChI is InChI=1S/C24H35N5O3/c1-5-25-24(27-14-18(2)32-22-9-7-6-8-21(22)30-4)28-16-20-10-11-23(26-15-20)29-12-13-31-19(3)17-29/h6-11,15,18-19H,5,12-14,16-17H2,1-4H3,(H2,25,27,28). The number of nitrogens with zero attached hydrogens (tertiary/aromatic N) is 3. The van der Waals surface area contributed by atoms with Gasteiger partial charge in [-0.25, -0.2) is 9.98 Å². The molecule has 0 bridgehead atoms. The van der Waals surface area contributed by atoms with Crippen molar-refractivity contribution in [3.8, 4) is 11.5 Å². The summed E-state index contributed by atoms with van der Waals surface area (Å²) in [5.41, 5.74) is 1.06. The first-order valence-corrected chi connectivity index (χ1v) is 11.2. The summed E-state index contributed by atoms with van der Waals surface area (Å²) >= 11 is 0. The summed E-state index contributed by atoms with van der Waals surface area (Å²) in [5, 5.41) is 6.63. The number of aliphatic imine (C=N–C) groups is 1. The van der Waals surface area contributed by atoms with Crippen LogP contribution in [-0.4, -0.2) is 63.0 Å². The van der Waals surface area contributed by atoms with Crippen LogP contribution in [0.4, 0.5) is 5.82 Å². The Morgan fingerprint density at radius 2 is 2.06 bits per heavy atom. The number of ether oxygens (including phenoxy) is 3. The maximum Gasteiger partial charge on any atom is 0.191 e. The molecule has 0 spiro atoms. The highest BCUT2D eigenvalue weighted by molar-refractivity contribution is 5.79. The van der Waals surface area contributed by atoms with Crippen LogP contribution in [0.25, 0.3) is 0 Å². The minimum Gasteiger partial charge on any atom is -0.493 e. The third-order valence-corrected chi connectivity index (χ3v) is 5.09. The van der Waals surface area contributed by atoms with Crippen LogP contribution in [0.2, 0.25) is 0 Å². The molecule has 1 aliphatic rings. The van der Waals surface area contributed by atoms with Gasteiger partial charge in [0.2, 0.25) is 0 Å². The van der Waals surface area contributed by atoms with Gasteiger partial charge in [-0.2, -0.15) is 0 Å². The minimum atomic E-state index is -0.0629. The third-order valence-electron chi connectivity index (χ3n) is 5.09. The van der Waals surface area contributed by atoms with Crippen molar-refractivity contribution in [2.75, 3.05) is 44.8 Å². The topological polar surface area (TPSA) is 80.2 Å². The number of aromatic nitrogens is 1. The van der Waals surface area contributed by atoms with Crippen LogP contribution in [-0.2, 0) is 11.3 Å². The summed E-state index contributed by atoms with van der Waals surface area (Å²) in [5.74, 6) is 3.18. The molecule has 2 unspecified atom stereocenters. The number of hydrogen-bond acceptors (Lipinski definition) is 6. The maximum atomic E-state index is 6.01. The lowest BCUT2D eigenvalue weighted by atomic mass is 10.2. The van der Waals surface area contributed by atoms with E-state index in [-0.39, 0.29) is 12.2 Å². The molecular formula is C24H35N5O3. The molecule has 3 rings (SSSR count). The Balaban J connectivity index is 1.52. The number of hydrogen-bond donors (Lipinski definition) is 2. The van der Waals surface area contributed by atoms with Crippen LogP contribution in [0, 0.1) is 0 Å². The molecule has 0 radical (unpaired) electrons. The monoisotopic (exact) mass is 441 g/mol. The highest BCUT2D eigenvalue weighted by Gasteiger charge is 2.17. The molecule has 174 valence electrons. The van der Waals surface area contributed by atoms with Gasteiger partial charge in [-0.15, -0.1) is 0 Å². The van der Waals surface area contributed by atoms with Crippen molar-refractivity contribution in [3.05, 3.63) is 48.2 Å². The van der Waals surface area contributed by atoms with Gasteiger partial charge in [0.25, 0.3) is 0 Å². The quantitative estimate of drug-likeness (QED) is 0.458. The third kappa shape index (κ3) is 7.02. The van der Waals surface area contributed by atoms with E-state index in [1.165, 1.54) is 0 Å². The Hall–Kier alpha value is -3.00. The molecule has 2 N–H and O–H groups in total. The van der Waals surface area contributed by atoms with Gasteiger partial charge in [0, 0.05) is 25.8 Å². The number of guanidine groups is 1. The first-order valence-electron chi connectivity index (χ1n) is 11.2. The van der Waals surface area contributed by atoms with Crippen LogP contribution >= 0.6 is 0 Å². The summed E-state index contributed by atoms with van der Waals surface area (Å²) in [6.45, 7) is 10.6. The zero-order chi connectivity index (χ0) is 22.8. The van der Waals surface area contributed by atoms with Gasteiger partial charge in [0.1, 0.15) is 11.9 Å². The van der Waals surface area contributed by atoms with Crippen molar-refractivity contribution in [2.24, 2.45) is 4.99 Å². The second kappa shape index (κ2) is 12.1. The van der Waals surface area contributed by atoms with Gasteiger partial charge < -0.3 is 29.7 Å². The molecule has 0 aliphatic carbocycles. The van der Waals surface area contributed by atoms with Crippen LogP contribution in [0.15, 0.2) is 47.6 Å². The fourth-order valence-corrected chi connectivity index (χ4v) is 3.45. The van der Waals surface area contributed by atoms with E-state index in [0.717, 1.165) is 55.1 Å². The smallest absolute Gasteiger partial charge is 0.191 e. The van der Waals surface area contributed by atoms with Crippen LogP contribution in [0.1, 0.15) is 26.3 Å². The maximum absolute atomic E-state index is 6.01. The van der Waals surface area contributed by atoms with E-state index >= 15 is 0 Å². The largest absolute Gasteiger partial charge is 0.493 e. The predicted molar refractivity (Wildman–Crippen MR) is 128 cm³/mol. The molecule has 1 saturated heterocycles. The molecule has 2 atom stereocenters. The predicted octanol–water partition coefficient (Wildman–Crippen LogP) is 2.84. The van der Waals surface area contributed by atoms with E-state index < -0.39 is 0 Å². The number of anilines is 1. The number of benzene rings is 1. The van der Waals surface area contributed by atoms with E-state index in [2.05, 4.69) is 39.6 Å². The average Bonchev–Trinajstić information content (AvgIpc) is 2.81. The fourth-order valence-electron chi connectivity index (χ4n) is 3.45. The number of para-hydroxylation sites is 2.